The molecule has 2 aromatic rings. The molecule has 0 fully saturated rings. The number of ether oxygens (including phenoxy) is 2. The van der Waals surface area contributed by atoms with Crippen LogP contribution in [-0.2, 0) is 32.1 Å². The molecule has 0 aliphatic carbocycles. The zero-order chi connectivity index (χ0) is 44.0. The highest BCUT2D eigenvalue weighted by atomic mass is 16.5. The summed E-state index contributed by atoms with van der Waals surface area (Å²) < 4.78 is 11.8. The first-order valence-electron chi connectivity index (χ1n) is 25.6. The summed E-state index contributed by atoms with van der Waals surface area (Å²) in [5.74, 6) is 2.05. The lowest BCUT2D eigenvalue weighted by Crippen LogP contribution is -2.08. The van der Waals surface area contributed by atoms with Crippen LogP contribution in [0.15, 0.2) is 30.3 Å². The molecule has 4 heteroatoms. The smallest absolute Gasteiger partial charge is 0.125 e. The third kappa shape index (κ3) is 35.3. The van der Waals surface area contributed by atoms with Crippen molar-refractivity contribution in [2.45, 2.75) is 255 Å². The fourth-order valence-electron chi connectivity index (χ4n) is 7.22. The largest absolute Gasteiger partial charge is 0.491 e. The van der Waals surface area contributed by atoms with Crippen molar-refractivity contribution < 1.29 is 19.7 Å². The molecule has 0 saturated heterocycles. The number of aliphatic hydroxyl groups excluding tert-OH is 2. The SMILES string of the molecule is CCC.CCC.CCCCCCCCCc1ccc(OCCO)c(CCCCCCCCC)c1.CCCCCc1cc(CCCCC)c(OCCO)c(CCCCC)c1. The predicted molar refractivity (Wildman–Crippen MR) is 263 cm³/mol. The molecule has 0 radical (unpaired) electrons. The summed E-state index contributed by atoms with van der Waals surface area (Å²) in [6.45, 7) is 20.8. The average molecular weight is 827 g/mol. The Kier molecular flexibility index (Phi) is 47.1. The van der Waals surface area contributed by atoms with E-state index < -0.39 is 0 Å². The molecule has 0 aromatic heterocycles. The summed E-state index contributed by atoms with van der Waals surface area (Å²) in [5, 5.41) is 18.3. The van der Waals surface area contributed by atoms with E-state index in [1.165, 1.54) is 201 Å². The van der Waals surface area contributed by atoms with Gasteiger partial charge in [0.25, 0.3) is 0 Å². The Labute approximate surface area is 369 Å². The van der Waals surface area contributed by atoms with E-state index in [1.54, 1.807) is 0 Å². The number of aliphatic hydroxyl groups is 2. The van der Waals surface area contributed by atoms with Crippen molar-refractivity contribution in [3.63, 3.8) is 0 Å². The quantitative estimate of drug-likeness (QED) is 0.0690. The Morgan fingerprint density at radius 1 is 0.356 bits per heavy atom. The Bertz CT molecular complexity index is 1100. The highest BCUT2D eigenvalue weighted by molar-refractivity contribution is 5.45. The van der Waals surface area contributed by atoms with Gasteiger partial charge in [0.1, 0.15) is 24.7 Å². The van der Waals surface area contributed by atoms with E-state index >= 15 is 0 Å². The van der Waals surface area contributed by atoms with E-state index in [2.05, 4.69) is 92.6 Å². The van der Waals surface area contributed by atoms with Crippen molar-refractivity contribution in [1.82, 2.24) is 0 Å². The Balaban J connectivity index is 0. The Hall–Kier alpha value is -2.04. The lowest BCUT2D eigenvalue weighted by Gasteiger charge is -2.18. The van der Waals surface area contributed by atoms with E-state index in [9.17, 15) is 5.11 Å². The molecule has 0 amide bonds. The number of aryl methyl sites for hydroxylation is 5. The lowest BCUT2D eigenvalue weighted by molar-refractivity contribution is 0.199. The van der Waals surface area contributed by atoms with Crippen LogP contribution in [0, 0.1) is 0 Å². The second-order valence-electron chi connectivity index (χ2n) is 16.9. The van der Waals surface area contributed by atoms with Gasteiger partial charge in [0.15, 0.2) is 0 Å². The van der Waals surface area contributed by atoms with Crippen molar-refractivity contribution in [2.24, 2.45) is 0 Å². The molecule has 0 aliphatic rings. The van der Waals surface area contributed by atoms with E-state index in [-0.39, 0.29) is 13.2 Å². The van der Waals surface area contributed by atoms with Crippen LogP contribution in [0.5, 0.6) is 11.5 Å². The molecule has 0 aliphatic heterocycles. The molecular formula is C55H102O4. The molecule has 59 heavy (non-hydrogen) atoms. The van der Waals surface area contributed by atoms with Gasteiger partial charge in [-0.05, 0) is 98.1 Å². The molecule has 2 N–H and O–H groups in total. The summed E-state index contributed by atoms with van der Waals surface area (Å²) in [7, 11) is 0. The molecular weight excluding hydrogens is 725 g/mol. The van der Waals surface area contributed by atoms with E-state index in [1.807, 2.05) is 0 Å². The first-order valence-corrected chi connectivity index (χ1v) is 25.6. The van der Waals surface area contributed by atoms with Crippen LogP contribution in [0.25, 0.3) is 0 Å². The molecule has 0 unspecified atom stereocenters. The zero-order valence-electron chi connectivity index (χ0n) is 41.1. The van der Waals surface area contributed by atoms with Gasteiger partial charge in [0.2, 0.25) is 0 Å². The number of hydrogen-bond acceptors (Lipinski definition) is 4. The van der Waals surface area contributed by atoms with Crippen molar-refractivity contribution in [3.05, 3.63) is 58.1 Å². The highest BCUT2D eigenvalue weighted by Crippen LogP contribution is 2.31. The number of rotatable bonds is 34. The number of unbranched alkanes of at least 4 members (excludes halogenated alkanes) is 18. The van der Waals surface area contributed by atoms with Gasteiger partial charge in [-0.3, -0.25) is 0 Å². The van der Waals surface area contributed by atoms with Gasteiger partial charge < -0.3 is 19.7 Å². The topological polar surface area (TPSA) is 58.9 Å². The van der Waals surface area contributed by atoms with Crippen molar-refractivity contribution in [2.75, 3.05) is 26.4 Å². The predicted octanol–water partition coefficient (Wildman–Crippen LogP) is 16.7. The van der Waals surface area contributed by atoms with Crippen LogP contribution >= 0.6 is 0 Å². The van der Waals surface area contributed by atoms with Crippen molar-refractivity contribution >= 4 is 0 Å². The monoisotopic (exact) mass is 827 g/mol. The van der Waals surface area contributed by atoms with Gasteiger partial charge in [0, 0.05) is 0 Å². The second kappa shape index (κ2) is 47.0. The summed E-state index contributed by atoms with van der Waals surface area (Å²) in [6, 6.07) is 11.5. The van der Waals surface area contributed by atoms with E-state index in [0.29, 0.717) is 13.2 Å². The van der Waals surface area contributed by atoms with Crippen LogP contribution in [-0.4, -0.2) is 36.6 Å². The molecule has 0 atom stereocenters. The Morgan fingerprint density at radius 2 is 0.678 bits per heavy atom. The van der Waals surface area contributed by atoms with E-state index in [4.69, 9.17) is 14.6 Å². The fourth-order valence-corrected chi connectivity index (χ4v) is 7.22. The van der Waals surface area contributed by atoms with Crippen molar-refractivity contribution in [3.8, 4) is 11.5 Å². The van der Waals surface area contributed by atoms with E-state index in [0.717, 1.165) is 30.8 Å². The Morgan fingerprint density at radius 3 is 1.14 bits per heavy atom. The maximum absolute atomic E-state index is 9.21. The standard InChI is InChI=1S/C26H46O2.C23H40O2.2C3H8/c1-3-5-7-9-11-13-15-17-24-19-20-26(28-22-21-27)25(23-24)18-16-14-12-10-8-6-4-2;1-4-7-10-13-20-18-21(14-11-8-5-2)23(25-17-16-24)22(19-20)15-12-9-6-3;2*1-3-2/h19-20,23,27H,3-18,21-22H2,1-2H3;18-19,24H,4-17H2,1-3H3;2*3H2,1-2H3. The normalized spacial score (nSPS) is 10.6. The summed E-state index contributed by atoms with van der Waals surface area (Å²) >= 11 is 0. The second-order valence-corrected chi connectivity index (χ2v) is 16.9. The van der Waals surface area contributed by atoms with Gasteiger partial charge in [0.05, 0.1) is 13.2 Å². The third-order valence-electron chi connectivity index (χ3n) is 10.4. The molecule has 2 aromatic carbocycles. The average Bonchev–Trinajstić information content (AvgIpc) is 3.23. The fraction of sp³-hybridized carbons (Fsp3) is 0.782. The van der Waals surface area contributed by atoms with Crippen LogP contribution in [0.3, 0.4) is 0 Å². The molecule has 0 spiro atoms. The minimum absolute atomic E-state index is 0.0800. The summed E-state index contributed by atoms with van der Waals surface area (Å²) in [4.78, 5) is 0. The molecule has 346 valence electrons. The molecule has 0 saturated carbocycles. The van der Waals surface area contributed by atoms with Crippen LogP contribution in [0.1, 0.15) is 251 Å². The third-order valence-corrected chi connectivity index (χ3v) is 10.4. The van der Waals surface area contributed by atoms with Crippen molar-refractivity contribution in [1.29, 1.82) is 0 Å². The minimum Gasteiger partial charge on any atom is -0.491 e. The maximum atomic E-state index is 9.21. The molecule has 2 rings (SSSR count). The molecule has 4 nitrogen and oxygen atoms in total. The summed E-state index contributed by atoms with van der Waals surface area (Å²) in [6.07, 6.45) is 38.3. The van der Waals surface area contributed by atoms with Gasteiger partial charge in [-0.1, -0.05) is 215 Å². The maximum Gasteiger partial charge on any atom is 0.125 e. The first-order chi connectivity index (χ1) is 28.9. The number of hydrogen-bond donors (Lipinski definition) is 2. The van der Waals surface area contributed by atoms with Gasteiger partial charge in [-0.2, -0.15) is 0 Å². The van der Waals surface area contributed by atoms with Gasteiger partial charge in [-0.15, -0.1) is 0 Å². The molecule has 0 bridgehead atoms. The van der Waals surface area contributed by atoms with Gasteiger partial charge in [-0.25, -0.2) is 0 Å². The minimum atomic E-state index is 0.0800. The lowest BCUT2D eigenvalue weighted by atomic mass is 9.94. The van der Waals surface area contributed by atoms with Crippen LogP contribution in [0.2, 0.25) is 0 Å². The van der Waals surface area contributed by atoms with Gasteiger partial charge >= 0.3 is 0 Å². The zero-order valence-corrected chi connectivity index (χ0v) is 41.1. The van der Waals surface area contributed by atoms with Crippen LogP contribution < -0.4 is 9.47 Å². The molecule has 0 heterocycles. The number of benzene rings is 2. The highest BCUT2D eigenvalue weighted by Gasteiger charge is 2.13. The van der Waals surface area contributed by atoms with Crippen LogP contribution in [0.4, 0.5) is 0 Å². The first kappa shape index (κ1) is 59.1. The summed E-state index contributed by atoms with van der Waals surface area (Å²) in [5.41, 5.74) is 6.98.